The van der Waals surface area contributed by atoms with E-state index in [1.54, 1.807) is 0 Å². The Morgan fingerprint density at radius 3 is 2.19 bits per heavy atom. The van der Waals surface area contributed by atoms with Crippen molar-refractivity contribution in [3.05, 3.63) is 0 Å². The molecular formula is C13H29ClNO+. The Labute approximate surface area is 106 Å². The zero-order valence-corrected chi connectivity index (χ0v) is 12.1. The predicted molar refractivity (Wildman–Crippen MR) is 71.7 cm³/mol. The van der Waals surface area contributed by atoms with Gasteiger partial charge in [-0.2, -0.15) is 0 Å². The first-order valence-corrected chi connectivity index (χ1v) is 6.98. The van der Waals surface area contributed by atoms with Crippen molar-refractivity contribution in [1.82, 2.24) is 0 Å². The van der Waals surface area contributed by atoms with Crippen LogP contribution in [0.25, 0.3) is 0 Å². The van der Waals surface area contributed by atoms with Crippen LogP contribution in [0.3, 0.4) is 0 Å². The molecule has 0 saturated carbocycles. The summed E-state index contributed by atoms with van der Waals surface area (Å²) in [6, 6.07) is 0. The number of halogens is 1. The number of unbranched alkanes of at least 4 members (excludes halogenated alkanes) is 4. The average Bonchev–Trinajstić information content (AvgIpc) is 2.15. The van der Waals surface area contributed by atoms with Crippen LogP contribution in [0.15, 0.2) is 0 Å². The molecule has 0 aliphatic rings. The number of likely N-dealkylation sites (N-methyl/N-ethyl adjacent to an activating group) is 1. The van der Waals surface area contributed by atoms with E-state index < -0.39 is 0 Å². The zero-order valence-electron chi connectivity index (χ0n) is 11.4. The monoisotopic (exact) mass is 250 g/mol. The summed E-state index contributed by atoms with van der Waals surface area (Å²) in [5.74, 6) is 0. The molecule has 3 heteroatoms. The van der Waals surface area contributed by atoms with Crippen LogP contribution in [0.2, 0.25) is 0 Å². The second-order valence-corrected chi connectivity index (χ2v) is 5.95. The number of aliphatic hydroxyl groups excluding tert-OH is 1. The minimum Gasteiger partial charge on any atom is -0.388 e. The second-order valence-electron chi connectivity index (χ2n) is 5.45. The Morgan fingerprint density at radius 2 is 1.69 bits per heavy atom. The molecule has 16 heavy (non-hydrogen) atoms. The van der Waals surface area contributed by atoms with E-state index >= 15 is 0 Å². The van der Waals surface area contributed by atoms with E-state index in [-0.39, 0.29) is 11.6 Å². The lowest BCUT2D eigenvalue weighted by Crippen LogP contribution is -2.49. The molecule has 1 N–H and O–H groups in total. The van der Waals surface area contributed by atoms with Crippen LogP contribution in [0.4, 0.5) is 0 Å². The zero-order chi connectivity index (χ0) is 12.6. The molecule has 2 atom stereocenters. The maximum atomic E-state index is 9.40. The standard InChI is InChI=1S/C13H29ClNO/c1-5-6-7-8-9-10-13(14)15(3,4)11-12(2)16/h12-13,16H,5-11H2,1-4H3/q+1. The van der Waals surface area contributed by atoms with Crippen molar-refractivity contribution in [1.29, 1.82) is 0 Å². The van der Waals surface area contributed by atoms with Gasteiger partial charge in [0.25, 0.3) is 0 Å². The third-order valence-electron chi connectivity index (χ3n) is 3.04. The Hall–Kier alpha value is 0.210. The molecule has 0 fully saturated rings. The van der Waals surface area contributed by atoms with Gasteiger partial charge in [-0.1, -0.05) is 44.2 Å². The van der Waals surface area contributed by atoms with Crippen LogP contribution < -0.4 is 0 Å². The molecule has 0 aliphatic heterocycles. The lowest BCUT2D eigenvalue weighted by molar-refractivity contribution is -0.905. The van der Waals surface area contributed by atoms with Crippen LogP contribution in [0.5, 0.6) is 0 Å². The molecule has 0 bridgehead atoms. The van der Waals surface area contributed by atoms with E-state index in [2.05, 4.69) is 21.0 Å². The topological polar surface area (TPSA) is 20.2 Å². The summed E-state index contributed by atoms with van der Waals surface area (Å²) < 4.78 is 0.701. The highest BCUT2D eigenvalue weighted by molar-refractivity contribution is 6.19. The third-order valence-corrected chi connectivity index (χ3v) is 3.79. The van der Waals surface area contributed by atoms with E-state index in [1.165, 1.54) is 32.1 Å². The molecule has 2 unspecified atom stereocenters. The molecule has 98 valence electrons. The highest BCUT2D eigenvalue weighted by Crippen LogP contribution is 2.19. The SMILES string of the molecule is CCCCCCCC(Cl)[N+](C)(C)CC(C)O. The Kier molecular flexibility index (Phi) is 8.43. The summed E-state index contributed by atoms with van der Waals surface area (Å²) in [5, 5.41) is 9.40. The molecule has 0 saturated heterocycles. The fourth-order valence-electron chi connectivity index (χ4n) is 2.06. The van der Waals surface area contributed by atoms with Gasteiger partial charge in [-0.25, -0.2) is 0 Å². The van der Waals surface area contributed by atoms with E-state index in [0.29, 0.717) is 4.48 Å². The second kappa shape index (κ2) is 8.32. The Bertz CT molecular complexity index is 171. The van der Waals surface area contributed by atoms with E-state index in [9.17, 15) is 5.11 Å². The number of aliphatic hydroxyl groups is 1. The fraction of sp³-hybridized carbons (Fsp3) is 1.00. The summed E-state index contributed by atoms with van der Waals surface area (Å²) in [6.45, 7) is 4.78. The number of alkyl halides is 1. The van der Waals surface area contributed by atoms with Gasteiger partial charge in [-0.05, 0) is 13.3 Å². The Balaban J connectivity index is 3.73. The summed E-state index contributed by atoms with van der Waals surface area (Å²) >= 11 is 6.39. The van der Waals surface area contributed by atoms with Crippen LogP contribution in [-0.4, -0.2) is 41.8 Å². The molecule has 2 nitrogen and oxygen atoms in total. The van der Waals surface area contributed by atoms with Gasteiger partial charge in [0.15, 0.2) is 5.50 Å². The minimum atomic E-state index is -0.281. The molecular weight excluding hydrogens is 222 g/mol. The van der Waals surface area contributed by atoms with E-state index in [4.69, 9.17) is 11.6 Å². The summed E-state index contributed by atoms with van der Waals surface area (Å²) in [4.78, 5) is 0. The molecule has 0 aliphatic carbocycles. The van der Waals surface area contributed by atoms with Gasteiger partial charge in [0.05, 0.1) is 14.1 Å². The molecule has 0 heterocycles. The average molecular weight is 251 g/mol. The van der Waals surface area contributed by atoms with Crippen molar-refractivity contribution in [2.24, 2.45) is 0 Å². The molecule has 0 radical (unpaired) electrons. The highest BCUT2D eigenvalue weighted by atomic mass is 35.5. The highest BCUT2D eigenvalue weighted by Gasteiger charge is 2.26. The van der Waals surface area contributed by atoms with Crippen molar-refractivity contribution in [2.45, 2.75) is 64.0 Å². The third kappa shape index (κ3) is 7.48. The van der Waals surface area contributed by atoms with Gasteiger partial charge in [0, 0.05) is 6.42 Å². The largest absolute Gasteiger partial charge is 0.388 e. The van der Waals surface area contributed by atoms with E-state index in [0.717, 1.165) is 13.0 Å². The maximum absolute atomic E-state index is 9.40. The number of rotatable bonds is 9. The molecule has 0 aromatic carbocycles. The van der Waals surface area contributed by atoms with Gasteiger partial charge in [-0.15, -0.1) is 0 Å². The van der Waals surface area contributed by atoms with Crippen LogP contribution in [-0.2, 0) is 0 Å². The first kappa shape index (κ1) is 16.2. The first-order valence-electron chi connectivity index (χ1n) is 6.55. The van der Waals surface area contributed by atoms with Gasteiger partial charge in [0.1, 0.15) is 12.6 Å². The number of hydrogen-bond acceptors (Lipinski definition) is 1. The van der Waals surface area contributed by atoms with Crippen LogP contribution in [0.1, 0.15) is 52.4 Å². The van der Waals surface area contributed by atoms with Crippen molar-refractivity contribution < 1.29 is 9.59 Å². The van der Waals surface area contributed by atoms with Crippen molar-refractivity contribution in [2.75, 3.05) is 20.6 Å². The van der Waals surface area contributed by atoms with Gasteiger partial charge < -0.3 is 9.59 Å². The molecule has 0 aromatic heterocycles. The fourth-order valence-corrected chi connectivity index (χ4v) is 2.30. The Morgan fingerprint density at radius 1 is 1.12 bits per heavy atom. The van der Waals surface area contributed by atoms with Crippen molar-refractivity contribution >= 4 is 11.6 Å². The van der Waals surface area contributed by atoms with Crippen LogP contribution >= 0.6 is 11.6 Å². The number of quaternary nitrogens is 1. The van der Waals surface area contributed by atoms with Gasteiger partial charge in [0.2, 0.25) is 0 Å². The normalized spacial score (nSPS) is 16.1. The summed E-state index contributed by atoms with van der Waals surface area (Å²) in [6.07, 6.45) is 7.19. The molecule has 0 spiro atoms. The number of hydrogen-bond donors (Lipinski definition) is 1. The smallest absolute Gasteiger partial charge is 0.164 e. The molecule has 0 aromatic rings. The quantitative estimate of drug-likeness (QED) is 0.288. The first-order chi connectivity index (χ1) is 7.40. The predicted octanol–water partition coefficient (Wildman–Crippen LogP) is 3.37. The summed E-state index contributed by atoms with van der Waals surface area (Å²) in [7, 11) is 4.19. The molecule has 0 amide bonds. The lowest BCUT2D eigenvalue weighted by Gasteiger charge is -2.35. The van der Waals surface area contributed by atoms with Crippen molar-refractivity contribution in [3.63, 3.8) is 0 Å². The van der Waals surface area contributed by atoms with Crippen molar-refractivity contribution in [3.8, 4) is 0 Å². The van der Waals surface area contributed by atoms with Gasteiger partial charge >= 0.3 is 0 Å². The lowest BCUT2D eigenvalue weighted by atomic mass is 10.1. The van der Waals surface area contributed by atoms with Gasteiger partial charge in [-0.3, -0.25) is 0 Å². The molecule has 0 rings (SSSR count). The van der Waals surface area contributed by atoms with E-state index in [1.807, 2.05) is 6.92 Å². The summed E-state index contributed by atoms with van der Waals surface area (Å²) in [5.41, 5.74) is 0.122. The van der Waals surface area contributed by atoms with Crippen LogP contribution in [0, 0.1) is 0 Å². The number of nitrogens with zero attached hydrogens (tertiary/aromatic N) is 1. The minimum absolute atomic E-state index is 0.122. The maximum Gasteiger partial charge on any atom is 0.164 e.